The minimum Gasteiger partial charge on any atom is -0.494 e. The third kappa shape index (κ3) is 5.54. The van der Waals surface area contributed by atoms with E-state index in [1.54, 1.807) is 0 Å². The number of hydrogen-bond acceptors (Lipinski definition) is 2. The van der Waals surface area contributed by atoms with Crippen LogP contribution in [-0.2, 0) is 0 Å². The Hall–Kier alpha value is -1.02. The Morgan fingerprint density at radius 1 is 1.10 bits per heavy atom. The zero-order valence-electron chi connectivity index (χ0n) is 14.0. The molecule has 114 valence electrons. The lowest BCUT2D eigenvalue weighted by molar-refractivity contribution is 0.247. The Morgan fingerprint density at radius 3 is 2.20 bits per heavy atom. The predicted molar refractivity (Wildman–Crippen MR) is 87.3 cm³/mol. The standard InChI is InChI=1S/C18H31NO/c1-7-12-20-17-10-8-16(9-11-17)15(3)19-13-14(2)18(4,5)6/h8-11,14-15,19H,7,12-13H2,1-6H3. The second kappa shape index (κ2) is 7.68. The normalized spacial score (nSPS) is 14.9. The fourth-order valence-electron chi connectivity index (χ4n) is 1.85. The molecule has 1 rings (SSSR count). The summed E-state index contributed by atoms with van der Waals surface area (Å²) in [6.45, 7) is 15.4. The molecule has 0 aliphatic carbocycles. The summed E-state index contributed by atoms with van der Waals surface area (Å²) in [5, 5.41) is 3.63. The summed E-state index contributed by atoms with van der Waals surface area (Å²) in [7, 11) is 0. The summed E-state index contributed by atoms with van der Waals surface area (Å²) < 4.78 is 5.61. The third-order valence-electron chi connectivity index (χ3n) is 4.06. The van der Waals surface area contributed by atoms with Gasteiger partial charge in [-0.3, -0.25) is 0 Å². The summed E-state index contributed by atoms with van der Waals surface area (Å²) in [5.41, 5.74) is 1.67. The maximum atomic E-state index is 5.61. The number of benzene rings is 1. The summed E-state index contributed by atoms with van der Waals surface area (Å²) in [6.07, 6.45) is 1.05. The molecule has 2 unspecified atom stereocenters. The van der Waals surface area contributed by atoms with Crippen LogP contribution < -0.4 is 10.1 Å². The highest BCUT2D eigenvalue weighted by Gasteiger charge is 2.20. The van der Waals surface area contributed by atoms with Crippen molar-refractivity contribution in [1.29, 1.82) is 0 Å². The van der Waals surface area contributed by atoms with Gasteiger partial charge in [0.15, 0.2) is 0 Å². The van der Waals surface area contributed by atoms with E-state index in [1.807, 2.05) is 0 Å². The van der Waals surface area contributed by atoms with Crippen molar-refractivity contribution >= 4 is 0 Å². The third-order valence-corrected chi connectivity index (χ3v) is 4.06. The molecule has 1 N–H and O–H groups in total. The van der Waals surface area contributed by atoms with E-state index >= 15 is 0 Å². The van der Waals surface area contributed by atoms with Crippen molar-refractivity contribution in [3.05, 3.63) is 29.8 Å². The first kappa shape index (κ1) is 17.0. The molecule has 2 heteroatoms. The molecule has 0 spiro atoms. The molecule has 0 heterocycles. The first-order valence-electron chi connectivity index (χ1n) is 7.80. The van der Waals surface area contributed by atoms with Crippen LogP contribution >= 0.6 is 0 Å². The topological polar surface area (TPSA) is 21.3 Å². The summed E-state index contributed by atoms with van der Waals surface area (Å²) in [6, 6.07) is 8.82. The smallest absolute Gasteiger partial charge is 0.119 e. The molecule has 0 fully saturated rings. The van der Waals surface area contributed by atoms with Gasteiger partial charge in [0.05, 0.1) is 6.61 Å². The van der Waals surface area contributed by atoms with Gasteiger partial charge in [0.2, 0.25) is 0 Å². The molecule has 1 aromatic carbocycles. The molecule has 2 atom stereocenters. The van der Waals surface area contributed by atoms with Crippen LogP contribution in [0.3, 0.4) is 0 Å². The van der Waals surface area contributed by atoms with Crippen LogP contribution in [0.25, 0.3) is 0 Å². The molecular weight excluding hydrogens is 246 g/mol. The Bertz CT molecular complexity index is 377. The molecule has 0 bridgehead atoms. The maximum Gasteiger partial charge on any atom is 0.119 e. The highest BCUT2D eigenvalue weighted by atomic mass is 16.5. The van der Waals surface area contributed by atoms with E-state index in [4.69, 9.17) is 4.74 Å². The zero-order chi connectivity index (χ0) is 15.2. The summed E-state index contributed by atoms with van der Waals surface area (Å²) in [4.78, 5) is 0. The van der Waals surface area contributed by atoms with Crippen molar-refractivity contribution in [1.82, 2.24) is 5.32 Å². The van der Waals surface area contributed by atoms with E-state index in [0.29, 0.717) is 17.4 Å². The molecule has 1 aromatic rings. The SMILES string of the molecule is CCCOc1ccc(C(C)NCC(C)C(C)(C)C)cc1. The van der Waals surface area contributed by atoms with Crippen molar-refractivity contribution < 1.29 is 4.74 Å². The first-order chi connectivity index (χ1) is 9.34. The summed E-state index contributed by atoms with van der Waals surface area (Å²) >= 11 is 0. The molecule has 2 nitrogen and oxygen atoms in total. The number of ether oxygens (including phenoxy) is 1. The Balaban J connectivity index is 2.49. The van der Waals surface area contributed by atoms with Gasteiger partial charge in [0.1, 0.15) is 5.75 Å². The summed E-state index contributed by atoms with van der Waals surface area (Å²) in [5.74, 6) is 1.61. The maximum absolute atomic E-state index is 5.61. The molecule has 0 aliphatic rings. The van der Waals surface area contributed by atoms with Crippen molar-refractivity contribution in [2.24, 2.45) is 11.3 Å². The van der Waals surface area contributed by atoms with Crippen LogP contribution in [0, 0.1) is 11.3 Å². The van der Waals surface area contributed by atoms with Gasteiger partial charge in [-0.15, -0.1) is 0 Å². The van der Waals surface area contributed by atoms with Crippen LogP contribution in [0.5, 0.6) is 5.75 Å². The van der Waals surface area contributed by atoms with E-state index in [1.165, 1.54) is 5.56 Å². The Kier molecular flexibility index (Phi) is 6.54. The van der Waals surface area contributed by atoms with E-state index in [0.717, 1.165) is 25.3 Å². The molecule has 0 radical (unpaired) electrons. The lowest BCUT2D eigenvalue weighted by atomic mass is 9.82. The number of hydrogen-bond donors (Lipinski definition) is 1. The van der Waals surface area contributed by atoms with Gasteiger partial charge in [-0.1, -0.05) is 46.8 Å². The average molecular weight is 277 g/mol. The zero-order valence-corrected chi connectivity index (χ0v) is 14.0. The molecule has 0 aliphatic heterocycles. The lowest BCUT2D eigenvalue weighted by Gasteiger charge is -2.29. The van der Waals surface area contributed by atoms with Crippen LogP contribution in [0.15, 0.2) is 24.3 Å². The van der Waals surface area contributed by atoms with Crippen molar-refractivity contribution in [2.75, 3.05) is 13.2 Å². The lowest BCUT2D eigenvalue weighted by Crippen LogP contribution is -2.31. The molecular formula is C18H31NO. The molecule has 0 saturated heterocycles. The monoisotopic (exact) mass is 277 g/mol. The highest BCUT2D eigenvalue weighted by Crippen LogP contribution is 2.25. The van der Waals surface area contributed by atoms with Gasteiger partial charge in [-0.05, 0) is 48.9 Å². The first-order valence-corrected chi connectivity index (χ1v) is 7.80. The van der Waals surface area contributed by atoms with Crippen LogP contribution in [0.4, 0.5) is 0 Å². The number of nitrogens with one attached hydrogen (secondary N) is 1. The fraction of sp³-hybridized carbons (Fsp3) is 0.667. The van der Waals surface area contributed by atoms with Crippen molar-refractivity contribution in [3.63, 3.8) is 0 Å². The second-order valence-electron chi connectivity index (χ2n) is 6.81. The van der Waals surface area contributed by atoms with Crippen molar-refractivity contribution in [3.8, 4) is 5.75 Å². The minimum absolute atomic E-state index is 0.352. The van der Waals surface area contributed by atoms with E-state index in [-0.39, 0.29) is 0 Å². The van der Waals surface area contributed by atoms with E-state index < -0.39 is 0 Å². The van der Waals surface area contributed by atoms with Crippen molar-refractivity contribution in [2.45, 2.75) is 54.0 Å². The molecule has 0 saturated carbocycles. The quantitative estimate of drug-likeness (QED) is 0.772. The highest BCUT2D eigenvalue weighted by molar-refractivity contribution is 5.28. The average Bonchev–Trinajstić information content (AvgIpc) is 2.41. The molecule has 20 heavy (non-hydrogen) atoms. The van der Waals surface area contributed by atoms with Crippen LogP contribution in [0.1, 0.15) is 59.6 Å². The van der Waals surface area contributed by atoms with E-state index in [2.05, 4.69) is 71.1 Å². The van der Waals surface area contributed by atoms with Crippen LogP contribution in [-0.4, -0.2) is 13.2 Å². The van der Waals surface area contributed by atoms with Gasteiger partial charge in [-0.2, -0.15) is 0 Å². The Morgan fingerprint density at radius 2 is 1.70 bits per heavy atom. The minimum atomic E-state index is 0.352. The fourth-order valence-corrected chi connectivity index (χ4v) is 1.85. The number of rotatable bonds is 7. The van der Waals surface area contributed by atoms with Gasteiger partial charge in [0.25, 0.3) is 0 Å². The molecule has 0 amide bonds. The van der Waals surface area contributed by atoms with Gasteiger partial charge in [-0.25, -0.2) is 0 Å². The largest absolute Gasteiger partial charge is 0.494 e. The molecule has 0 aromatic heterocycles. The van der Waals surface area contributed by atoms with Crippen LogP contribution in [0.2, 0.25) is 0 Å². The second-order valence-corrected chi connectivity index (χ2v) is 6.81. The van der Waals surface area contributed by atoms with Gasteiger partial charge >= 0.3 is 0 Å². The van der Waals surface area contributed by atoms with Gasteiger partial charge < -0.3 is 10.1 Å². The van der Waals surface area contributed by atoms with Gasteiger partial charge in [0, 0.05) is 6.04 Å². The Labute approximate surface area is 124 Å². The van der Waals surface area contributed by atoms with E-state index in [9.17, 15) is 0 Å². The predicted octanol–water partition coefficient (Wildman–Crippen LogP) is 4.81.